The lowest BCUT2D eigenvalue weighted by Gasteiger charge is -2.54. The minimum atomic E-state index is 0.00946. The maximum atomic E-state index is 12.4. The second-order valence-electron chi connectivity index (χ2n) is 8.35. The molecule has 24 heavy (non-hydrogen) atoms. The summed E-state index contributed by atoms with van der Waals surface area (Å²) in [6, 6.07) is 5.55. The largest absolute Gasteiger partial charge is 0.336 e. The number of halogens is 1. The summed E-state index contributed by atoms with van der Waals surface area (Å²) in [7, 11) is 0. The molecule has 2 heterocycles. The van der Waals surface area contributed by atoms with Crippen LogP contribution in [0.2, 0.25) is 0 Å². The van der Waals surface area contributed by atoms with Crippen molar-refractivity contribution in [2.75, 3.05) is 0 Å². The van der Waals surface area contributed by atoms with Crippen molar-refractivity contribution in [2.45, 2.75) is 50.6 Å². The molecule has 4 nitrogen and oxygen atoms in total. The van der Waals surface area contributed by atoms with Crippen LogP contribution in [0.25, 0.3) is 5.65 Å². The molecule has 0 aliphatic heterocycles. The van der Waals surface area contributed by atoms with E-state index in [-0.39, 0.29) is 5.56 Å². The number of rotatable bonds is 3. The minimum Gasteiger partial charge on any atom is -0.336 e. The van der Waals surface area contributed by atoms with Gasteiger partial charge in [0.25, 0.3) is 5.56 Å². The molecule has 4 aliphatic rings. The summed E-state index contributed by atoms with van der Waals surface area (Å²) in [5.74, 6) is 2.88. The number of hydrogen-bond donors (Lipinski definition) is 1. The first-order valence-electron chi connectivity index (χ1n) is 9.11. The van der Waals surface area contributed by atoms with Gasteiger partial charge in [-0.3, -0.25) is 9.20 Å². The van der Waals surface area contributed by atoms with Crippen molar-refractivity contribution in [1.29, 1.82) is 0 Å². The Bertz CT molecular complexity index is 824. The summed E-state index contributed by atoms with van der Waals surface area (Å²) in [4.78, 5) is 17.1. The van der Waals surface area contributed by atoms with Crippen LogP contribution in [0.3, 0.4) is 0 Å². The molecule has 0 saturated heterocycles. The molecule has 0 radical (unpaired) electrons. The molecular weight excluding hydrogens is 366 g/mol. The van der Waals surface area contributed by atoms with Gasteiger partial charge in [0.15, 0.2) is 0 Å². The highest BCUT2D eigenvalue weighted by molar-refractivity contribution is 9.10. The molecule has 4 fully saturated rings. The van der Waals surface area contributed by atoms with E-state index in [0.717, 1.165) is 40.1 Å². The quantitative estimate of drug-likeness (QED) is 0.877. The monoisotopic (exact) mass is 388 g/mol. The molecule has 4 aliphatic carbocycles. The third kappa shape index (κ3) is 2.53. The van der Waals surface area contributed by atoms with Crippen LogP contribution in [0.15, 0.2) is 33.7 Å². The highest BCUT2D eigenvalue weighted by Crippen LogP contribution is 2.54. The van der Waals surface area contributed by atoms with Crippen molar-refractivity contribution in [3.05, 3.63) is 44.9 Å². The van der Waals surface area contributed by atoms with E-state index in [4.69, 9.17) is 4.98 Å². The van der Waals surface area contributed by atoms with E-state index in [1.807, 2.05) is 12.1 Å². The summed E-state index contributed by atoms with van der Waals surface area (Å²) >= 11 is 3.41. The predicted molar refractivity (Wildman–Crippen MR) is 95.7 cm³/mol. The Balaban J connectivity index is 1.40. The zero-order chi connectivity index (χ0) is 16.3. The van der Waals surface area contributed by atoms with E-state index >= 15 is 0 Å². The van der Waals surface area contributed by atoms with Gasteiger partial charge < -0.3 is 5.32 Å². The summed E-state index contributed by atoms with van der Waals surface area (Å²) in [5, 5.41) is 2.52. The summed E-state index contributed by atoms with van der Waals surface area (Å²) in [6.45, 7) is 0.827. The van der Waals surface area contributed by atoms with E-state index in [0.29, 0.717) is 5.54 Å². The first-order valence-corrected chi connectivity index (χ1v) is 9.90. The van der Waals surface area contributed by atoms with E-state index < -0.39 is 0 Å². The Morgan fingerprint density at radius 2 is 1.83 bits per heavy atom. The molecule has 4 saturated carbocycles. The molecule has 4 bridgehead atoms. The molecular formula is C19H23BrN3O+. The second-order valence-corrected chi connectivity index (χ2v) is 9.27. The minimum absolute atomic E-state index is 0.00946. The highest BCUT2D eigenvalue weighted by atomic mass is 79.9. The van der Waals surface area contributed by atoms with Crippen LogP contribution in [0.5, 0.6) is 0 Å². The lowest BCUT2D eigenvalue weighted by molar-refractivity contribution is -0.753. The van der Waals surface area contributed by atoms with Crippen LogP contribution in [-0.4, -0.2) is 14.9 Å². The van der Waals surface area contributed by atoms with Gasteiger partial charge in [-0.05, 0) is 65.1 Å². The summed E-state index contributed by atoms with van der Waals surface area (Å²) in [6.07, 6.45) is 10.3. The van der Waals surface area contributed by atoms with Crippen molar-refractivity contribution in [3.63, 3.8) is 0 Å². The molecule has 0 spiro atoms. The maximum absolute atomic E-state index is 12.4. The topological polar surface area (TPSA) is 51.0 Å². The van der Waals surface area contributed by atoms with Gasteiger partial charge in [0.05, 0.1) is 5.54 Å². The second kappa shape index (κ2) is 5.40. The normalized spacial score (nSPS) is 34.1. The molecule has 6 rings (SSSR count). The molecule has 0 unspecified atom stereocenters. The van der Waals surface area contributed by atoms with Crippen LogP contribution in [0.1, 0.15) is 44.2 Å². The number of quaternary nitrogens is 1. The third-order valence-electron chi connectivity index (χ3n) is 6.51. The van der Waals surface area contributed by atoms with Crippen LogP contribution < -0.4 is 10.9 Å². The van der Waals surface area contributed by atoms with Crippen LogP contribution in [0, 0.1) is 17.8 Å². The Labute approximate surface area is 149 Å². The van der Waals surface area contributed by atoms with Crippen LogP contribution >= 0.6 is 15.9 Å². The van der Waals surface area contributed by atoms with Crippen molar-refractivity contribution in [1.82, 2.24) is 9.38 Å². The van der Waals surface area contributed by atoms with Gasteiger partial charge in [0.2, 0.25) is 0 Å². The average Bonchev–Trinajstić information content (AvgIpc) is 2.52. The summed E-state index contributed by atoms with van der Waals surface area (Å²) < 4.78 is 2.50. The number of hydrogen-bond acceptors (Lipinski definition) is 2. The number of nitrogens with two attached hydrogens (primary N) is 1. The lowest BCUT2D eigenvalue weighted by atomic mass is 9.53. The molecule has 0 aromatic carbocycles. The Hall–Kier alpha value is -1.20. The molecule has 2 aromatic rings. The fraction of sp³-hybridized carbons (Fsp3) is 0.579. The van der Waals surface area contributed by atoms with Gasteiger partial charge in [-0.15, -0.1) is 0 Å². The highest BCUT2D eigenvalue weighted by Gasteiger charge is 2.53. The van der Waals surface area contributed by atoms with E-state index in [2.05, 4.69) is 21.2 Å². The van der Waals surface area contributed by atoms with Gasteiger partial charge >= 0.3 is 0 Å². The van der Waals surface area contributed by atoms with Crippen molar-refractivity contribution in [3.8, 4) is 0 Å². The van der Waals surface area contributed by atoms with E-state index in [1.165, 1.54) is 38.5 Å². The fourth-order valence-electron chi connectivity index (χ4n) is 5.98. The zero-order valence-corrected chi connectivity index (χ0v) is 15.3. The van der Waals surface area contributed by atoms with Crippen LogP contribution in [-0.2, 0) is 6.54 Å². The predicted octanol–water partition coefficient (Wildman–Crippen LogP) is 2.49. The van der Waals surface area contributed by atoms with E-state index in [1.54, 1.807) is 16.7 Å². The Morgan fingerprint density at radius 1 is 1.17 bits per heavy atom. The Morgan fingerprint density at radius 3 is 2.50 bits per heavy atom. The van der Waals surface area contributed by atoms with Gasteiger partial charge in [-0.1, -0.05) is 0 Å². The fourth-order valence-corrected chi connectivity index (χ4v) is 6.32. The molecule has 2 aromatic heterocycles. The van der Waals surface area contributed by atoms with E-state index in [9.17, 15) is 4.79 Å². The number of fused-ring (bicyclic) bond motifs is 1. The SMILES string of the molecule is O=c1cc(C[NH2+]C23CC4CC(CC(C4)C2)C3)nc2ccc(Br)cn12. The number of nitrogens with zero attached hydrogens (tertiary/aromatic N) is 2. The molecule has 2 N–H and O–H groups in total. The van der Waals surface area contributed by atoms with Gasteiger partial charge in [-0.2, -0.15) is 0 Å². The molecule has 0 atom stereocenters. The van der Waals surface area contributed by atoms with Gasteiger partial charge in [0, 0.05) is 36.0 Å². The standard InChI is InChI=1S/C19H22BrN3O/c20-15-1-2-17-22-16(6-18(24)23(17)11-15)10-21-19-7-12-3-13(8-19)5-14(4-12)9-19/h1-2,6,11-14,21H,3-5,7-10H2/p+1. The lowest BCUT2D eigenvalue weighted by Crippen LogP contribution is -2.97. The zero-order valence-electron chi connectivity index (χ0n) is 13.7. The summed E-state index contributed by atoms with van der Waals surface area (Å²) in [5.41, 5.74) is 2.09. The van der Waals surface area contributed by atoms with Gasteiger partial charge in [0.1, 0.15) is 17.9 Å². The molecule has 126 valence electrons. The molecule has 0 amide bonds. The third-order valence-corrected chi connectivity index (χ3v) is 6.98. The van der Waals surface area contributed by atoms with Gasteiger partial charge in [-0.25, -0.2) is 4.98 Å². The van der Waals surface area contributed by atoms with Crippen LogP contribution in [0.4, 0.5) is 0 Å². The van der Waals surface area contributed by atoms with Crippen molar-refractivity contribution < 1.29 is 5.32 Å². The maximum Gasteiger partial charge on any atom is 0.258 e. The number of pyridine rings is 1. The van der Waals surface area contributed by atoms with Crippen molar-refractivity contribution >= 4 is 21.6 Å². The first-order chi connectivity index (χ1) is 11.6. The molecule has 5 heteroatoms. The van der Waals surface area contributed by atoms with Crippen molar-refractivity contribution in [2.24, 2.45) is 17.8 Å². The average molecular weight is 389 g/mol. The Kier molecular flexibility index (Phi) is 3.39. The smallest absolute Gasteiger partial charge is 0.258 e. The first kappa shape index (κ1) is 15.1. The number of aromatic nitrogens is 2.